The first-order chi connectivity index (χ1) is 14.0. The Kier molecular flexibility index (Phi) is 5.09. The highest BCUT2D eigenvalue weighted by Crippen LogP contribution is 2.30. The minimum Gasteiger partial charge on any atom is -0.462 e. The fourth-order valence-electron chi connectivity index (χ4n) is 3.19. The smallest absolute Gasteiger partial charge is 0.338 e. The van der Waals surface area contributed by atoms with Gasteiger partial charge in [0.2, 0.25) is 11.9 Å². The number of aromatic amines is 1. The predicted molar refractivity (Wildman–Crippen MR) is 102 cm³/mol. The lowest BCUT2D eigenvalue weighted by molar-refractivity contribution is -0.114. The molecule has 2 aromatic heterocycles. The molecule has 0 spiro atoms. The Hall–Kier alpha value is -3.53. The average Bonchev–Trinajstić information content (AvgIpc) is 3.33. The zero-order chi connectivity index (χ0) is 20.4. The van der Waals surface area contributed by atoms with Crippen LogP contribution in [0.15, 0.2) is 41.5 Å². The number of amides is 1. The molecule has 3 heterocycles. The molecule has 3 aromatic rings. The van der Waals surface area contributed by atoms with E-state index in [1.807, 2.05) is 6.07 Å². The number of anilines is 1. The molecule has 10 heteroatoms. The molecule has 1 fully saturated rings. The van der Waals surface area contributed by atoms with Crippen molar-refractivity contribution in [3.8, 4) is 0 Å². The Balaban J connectivity index is 1.45. The van der Waals surface area contributed by atoms with Crippen molar-refractivity contribution in [1.29, 1.82) is 0 Å². The number of hydrogen-bond acceptors (Lipinski definition) is 7. The lowest BCUT2D eigenvalue weighted by Crippen LogP contribution is -2.17. The van der Waals surface area contributed by atoms with E-state index in [1.54, 1.807) is 28.8 Å². The number of carbonyl (C=O) groups excluding carboxylic acids is 2. The van der Waals surface area contributed by atoms with Gasteiger partial charge >= 0.3 is 5.97 Å². The van der Waals surface area contributed by atoms with Crippen molar-refractivity contribution < 1.29 is 19.1 Å². The number of nitrogens with zero attached hydrogens (tertiary/aromatic N) is 3. The first-order valence-electron chi connectivity index (χ1n) is 9.09. The highest BCUT2D eigenvalue weighted by molar-refractivity contribution is 5.89. The summed E-state index contributed by atoms with van der Waals surface area (Å²) in [5.41, 5.74) is 0.507. The largest absolute Gasteiger partial charge is 0.462 e. The van der Waals surface area contributed by atoms with Crippen molar-refractivity contribution in [2.45, 2.75) is 19.6 Å². The van der Waals surface area contributed by atoms with Crippen LogP contribution in [0.25, 0.3) is 11.2 Å². The van der Waals surface area contributed by atoms with Crippen LogP contribution in [0.4, 0.5) is 5.95 Å². The van der Waals surface area contributed by atoms with Gasteiger partial charge in [-0.2, -0.15) is 4.98 Å². The van der Waals surface area contributed by atoms with Gasteiger partial charge in [0.05, 0.1) is 25.1 Å². The quantitative estimate of drug-likeness (QED) is 0.624. The molecule has 1 aliphatic heterocycles. The topological polar surface area (TPSA) is 128 Å². The normalized spacial score (nSPS) is 18.7. The molecule has 1 amide bonds. The van der Waals surface area contributed by atoms with Crippen LogP contribution in [0, 0.1) is 5.92 Å². The Bertz CT molecular complexity index is 1110. The standard InChI is InChI=1S/C19H19N5O5/c1-11(25)21-19-22-16-15(17(26)23-19)20-10-24(16)14-7-12(8-28-14)9-29-18(27)13-5-3-2-4-6-13/h2-6,10,12,14H,7-9H2,1H3,(H2,21,22,23,25,26). The number of carbonyl (C=O) groups is 2. The Morgan fingerprint density at radius 3 is 2.90 bits per heavy atom. The van der Waals surface area contributed by atoms with E-state index in [-0.39, 0.29) is 35.9 Å². The maximum absolute atomic E-state index is 12.2. The van der Waals surface area contributed by atoms with E-state index < -0.39 is 11.8 Å². The number of aromatic nitrogens is 4. The van der Waals surface area contributed by atoms with Crippen molar-refractivity contribution in [3.05, 3.63) is 52.6 Å². The lowest BCUT2D eigenvalue weighted by Gasteiger charge is -2.12. The van der Waals surface area contributed by atoms with Crippen LogP contribution in [-0.4, -0.2) is 44.6 Å². The van der Waals surface area contributed by atoms with Gasteiger partial charge in [-0.15, -0.1) is 0 Å². The fourth-order valence-corrected chi connectivity index (χ4v) is 3.19. The van der Waals surface area contributed by atoms with Crippen molar-refractivity contribution in [3.63, 3.8) is 0 Å². The van der Waals surface area contributed by atoms with Gasteiger partial charge in [-0.05, 0) is 12.1 Å². The summed E-state index contributed by atoms with van der Waals surface area (Å²) in [5, 5.41) is 2.46. The van der Waals surface area contributed by atoms with Gasteiger partial charge in [-0.1, -0.05) is 18.2 Å². The van der Waals surface area contributed by atoms with Gasteiger partial charge in [0.1, 0.15) is 6.23 Å². The summed E-state index contributed by atoms with van der Waals surface area (Å²) in [6, 6.07) is 8.78. The summed E-state index contributed by atoms with van der Waals surface area (Å²) < 4.78 is 12.8. The molecule has 0 saturated carbocycles. The number of hydrogen-bond donors (Lipinski definition) is 2. The summed E-state index contributed by atoms with van der Waals surface area (Å²) in [7, 11) is 0. The van der Waals surface area contributed by atoms with Crippen molar-refractivity contribution in [1.82, 2.24) is 19.5 Å². The second-order valence-electron chi connectivity index (χ2n) is 6.77. The molecule has 0 bridgehead atoms. The lowest BCUT2D eigenvalue weighted by atomic mass is 10.1. The zero-order valence-corrected chi connectivity index (χ0v) is 15.6. The Labute approximate surface area is 164 Å². The Morgan fingerprint density at radius 1 is 1.34 bits per heavy atom. The third kappa shape index (κ3) is 4.02. The summed E-state index contributed by atoms with van der Waals surface area (Å²) in [6.45, 7) is 1.94. The number of rotatable bonds is 5. The third-order valence-corrected chi connectivity index (χ3v) is 4.56. The van der Waals surface area contributed by atoms with Crippen LogP contribution >= 0.6 is 0 Å². The monoisotopic (exact) mass is 397 g/mol. The molecule has 2 N–H and O–H groups in total. The predicted octanol–water partition coefficient (Wildman–Crippen LogP) is 1.47. The first-order valence-corrected chi connectivity index (χ1v) is 9.09. The van der Waals surface area contributed by atoms with Crippen LogP contribution in [0.3, 0.4) is 0 Å². The van der Waals surface area contributed by atoms with Gasteiger partial charge in [-0.3, -0.25) is 24.5 Å². The maximum atomic E-state index is 12.2. The molecule has 150 valence electrons. The Morgan fingerprint density at radius 2 is 2.14 bits per heavy atom. The number of benzene rings is 1. The third-order valence-electron chi connectivity index (χ3n) is 4.56. The molecule has 1 aliphatic rings. The second kappa shape index (κ2) is 7.84. The van der Waals surface area contributed by atoms with Gasteiger partial charge in [0.15, 0.2) is 11.2 Å². The van der Waals surface area contributed by atoms with Gasteiger partial charge < -0.3 is 9.47 Å². The molecule has 29 heavy (non-hydrogen) atoms. The van der Waals surface area contributed by atoms with Crippen LogP contribution in [0.5, 0.6) is 0 Å². The number of esters is 1. The molecule has 0 radical (unpaired) electrons. The molecule has 10 nitrogen and oxygen atoms in total. The van der Waals surface area contributed by atoms with E-state index in [9.17, 15) is 14.4 Å². The molecule has 1 saturated heterocycles. The number of H-pyrrole nitrogens is 1. The molecular formula is C19H19N5O5. The van der Waals surface area contributed by atoms with Gasteiger partial charge in [0.25, 0.3) is 5.56 Å². The van der Waals surface area contributed by atoms with Crippen LogP contribution in [-0.2, 0) is 14.3 Å². The number of ether oxygens (including phenoxy) is 2. The van der Waals surface area contributed by atoms with E-state index in [4.69, 9.17) is 9.47 Å². The van der Waals surface area contributed by atoms with Gasteiger partial charge in [0, 0.05) is 19.3 Å². The molecule has 0 aliphatic carbocycles. The number of fused-ring (bicyclic) bond motifs is 1. The van der Waals surface area contributed by atoms with Crippen LogP contribution in [0.2, 0.25) is 0 Å². The fraction of sp³-hybridized carbons (Fsp3) is 0.316. The molecule has 4 rings (SSSR count). The minimum atomic E-state index is -0.455. The summed E-state index contributed by atoms with van der Waals surface area (Å²) in [6.07, 6.45) is 1.64. The van der Waals surface area contributed by atoms with Gasteiger partial charge in [-0.25, -0.2) is 9.78 Å². The SMILES string of the molecule is CC(=O)Nc1nc2c(ncn2C2CC(COC(=O)c3ccccc3)CO2)c(=O)[nH]1. The summed E-state index contributed by atoms with van der Waals surface area (Å²) >= 11 is 0. The molecule has 2 unspecified atom stereocenters. The average molecular weight is 397 g/mol. The van der Waals surface area contributed by atoms with E-state index in [2.05, 4.69) is 20.3 Å². The van der Waals surface area contributed by atoms with E-state index in [1.165, 1.54) is 13.3 Å². The molecule has 1 aromatic carbocycles. The van der Waals surface area contributed by atoms with Crippen molar-refractivity contribution in [2.75, 3.05) is 18.5 Å². The zero-order valence-electron chi connectivity index (χ0n) is 15.6. The first kappa shape index (κ1) is 18.8. The van der Waals surface area contributed by atoms with E-state index in [0.717, 1.165) is 0 Å². The molecule has 2 atom stereocenters. The van der Waals surface area contributed by atoms with Crippen molar-refractivity contribution >= 4 is 29.0 Å². The van der Waals surface area contributed by atoms with E-state index >= 15 is 0 Å². The number of imidazole rings is 1. The van der Waals surface area contributed by atoms with Crippen LogP contribution < -0.4 is 10.9 Å². The maximum Gasteiger partial charge on any atom is 0.338 e. The van der Waals surface area contributed by atoms with Crippen molar-refractivity contribution in [2.24, 2.45) is 5.92 Å². The highest BCUT2D eigenvalue weighted by Gasteiger charge is 2.29. The summed E-state index contributed by atoms with van der Waals surface area (Å²) in [4.78, 5) is 46.3. The van der Waals surface area contributed by atoms with Crippen LogP contribution in [0.1, 0.15) is 29.9 Å². The summed E-state index contributed by atoms with van der Waals surface area (Å²) in [5.74, 6) is -0.684. The molecular weight excluding hydrogens is 378 g/mol. The highest BCUT2D eigenvalue weighted by atomic mass is 16.5. The number of nitrogens with one attached hydrogen (secondary N) is 2. The van der Waals surface area contributed by atoms with E-state index in [0.29, 0.717) is 24.2 Å². The second-order valence-corrected chi connectivity index (χ2v) is 6.77. The minimum absolute atomic E-state index is 0.00178.